The van der Waals surface area contributed by atoms with Crippen molar-refractivity contribution < 1.29 is 4.42 Å². The summed E-state index contributed by atoms with van der Waals surface area (Å²) in [5.74, 6) is 0. The lowest BCUT2D eigenvalue weighted by molar-refractivity contribution is 0.599. The van der Waals surface area contributed by atoms with Crippen LogP contribution in [0.3, 0.4) is 0 Å². The fourth-order valence-corrected chi connectivity index (χ4v) is 1.17. The maximum Gasteiger partial charge on any atom is 0.181 e. The van der Waals surface area contributed by atoms with Gasteiger partial charge in [0.25, 0.3) is 0 Å². The SMILES string of the molecule is N#CCc1cccc2ncoc12. The highest BCUT2D eigenvalue weighted by Gasteiger charge is 2.02. The van der Waals surface area contributed by atoms with Crippen LogP contribution in [0.4, 0.5) is 0 Å². The smallest absolute Gasteiger partial charge is 0.181 e. The largest absolute Gasteiger partial charge is 0.443 e. The zero-order valence-electron chi connectivity index (χ0n) is 6.32. The molecule has 0 radical (unpaired) electrons. The lowest BCUT2D eigenvalue weighted by Gasteiger charge is -1.92. The third kappa shape index (κ3) is 0.940. The molecule has 2 aromatic rings. The molecule has 0 aliphatic rings. The van der Waals surface area contributed by atoms with E-state index < -0.39 is 0 Å². The van der Waals surface area contributed by atoms with Crippen LogP contribution in [0.2, 0.25) is 0 Å². The van der Waals surface area contributed by atoms with Gasteiger partial charge in [0.05, 0.1) is 12.5 Å². The Hall–Kier alpha value is -1.82. The molecule has 0 saturated heterocycles. The van der Waals surface area contributed by atoms with Gasteiger partial charge in [0.1, 0.15) is 5.52 Å². The minimum absolute atomic E-state index is 0.368. The van der Waals surface area contributed by atoms with Gasteiger partial charge >= 0.3 is 0 Å². The summed E-state index contributed by atoms with van der Waals surface area (Å²) in [7, 11) is 0. The van der Waals surface area contributed by atoms with Gasteiger partial charge in [-0.05, 0) is 6.07 Å². The van der Waals surface area contributed by atoms with Crippen LogP contribution in [0.15, 0.2) is 29.0 Å². The maximum absolute atomic E-state index is 8.50. The molecule has 0 aliphatic heterocycles. The van der Waals surface area contributed by atoms with Crippen LogP contribution < -0.4 is 0 Å². The van der Waals surface area contributed by atoms with Crippen LogP contribution in [0, 0.1) is 11.3 Å². The van der Waals surface area contributed by atoms with Crippen molar-refractivity contribution in [1.29, 1.82) is 5.26 Å². The second kappa shape index (κ2) is 2.67. The van der Waals surface area contributed by atoms with E-state index in [-0.39, 0.29) is 0 Å². The normalized spacial score (nSPS) is 9.92. The Labute approximate surface area is 69.2 Å². The fraction of sp³-hybridized carbons (Fsp3) is 0.111. The van der Waals surface area contributed by atoms with Crippen molar-refractivity contribution in [3.05, 3.63) is 30.2 Å². The summed E-state index contributed by atoms with van der Waals surface area (Å²) in [6.45, 7) is 0. The second-order valence-corrected chi connectivity index (χ2v) is 2.45. The van der Waals surface area contributed by atoms with Crippen LogP contribution in [0.25, 0.3) is 11.1 Å². The molecule has 1 heterocycles. The van der Waals surface area contributed by atoms with Gasteiger partial charge in [-0.1, -0.05) is 12.1 Å². The molecule has 0 amide bonds. The molecule has 0 atom stereocenters. The molecule has 12 heavy (non-hydrogen) atoms. The number of fused-ring (bicyclic) bond motifs is 1. The van der Waals surface area contributed by atoms with E-state index in [1.807, 2.05) is 18.2 Å². The predicted molar refractivity (Wildman–Crippen MR) is 43.3 cm³/mol. The molecule has 0 spiro atoms. The Morgan fingerprint density at radius 2 is 2.42 bits per heavy atom. The van der Waals surface area contributed by atoms with Crippen LogP contribution in [-0.4, -0.2) is 4.98 Å². The van der Waals surface area contributed by atoms with Crippen LogP contribution >= 0.6 is 0 Å². The highest BCUT2D eigenvalue weighted by atomic mass is 16.3. The Balaban J connectivity index is 2.67. The number of nitrogens with zero attached hydrogens (tertiary/aromatic N) is 2. The molecule has 1 aromatic carbocycles. The van der Waals surface area contributed by atoms with E-state index in [9.17, 15) is 0 Å². The molecule has 0 aliphatic carbocycles. The number of rotatable bonds is 1. The summed E-state index contributed by atoms with van der Waals surface area (Å²) in [4.78, 5) is 3.99. The molecule has 58 valence electrons. The van der Waals surface area contributed by atoms with Crippen molar-refractivity contribution in [3.63, 3.8) is 0 Å². The number of aromatic nitrogens is 1. The van der Waals surface area contributed by atoms with Gasteiger partial charge in [-0.3, -0.25) is 0 Å². The van der Waals surface area contributed by atoms with E-state index in [0.717, 1.165) is 16.7 Å². The monoisotopic (exact) mass is 158 g/mol. The maximum atomic E-state index is 8.50. The zero-order valence-corrected chi connectivity index (χ0v) is 6.32. The summed E-state index contributed by atoms with van der Waals surface area (Å²) in [6.07, 6.45) is 1.76. The first kappa shape index (κ1) is 6.86. The van der Waals surface area contributed by atoms with E-state index in [2.05, 4.69) is 11.1 Å². The third-order valence-corrected chi connectivity index (χ3v) is 1.71. The minimum Gasteiger partial charge on any atom is -0.443 e. The van der Waals surface area contributed by atoms with Crippen molar-refractivity contribution in [2.45, 2.75) is 6.42 Å². The average Bonchev–Trinajstić information content (AvgIpc) is 2.53. The molecular weight excluding hydrogens is 152 g/mol. The first-order valence-electron chi connectivity index (χ1n) is 3.60. The third-order valence-electron chi connectivity index (χ3n) is 1.71. The second-order valence-electron chi connectivity index (χ2n) is 2.45. The van der Waals surface area contributed by atoms with Crippen molar-refractivity contribution in [2.24, 2.45) is 0 Å². The first-order valence-corrected chi connectivity index (χ1v) is 3.60. The van der Waals surface area contributed by atoms with Crippen molar-refractivity contribution in [1.82, 2.24) is 4.98 Å². The predicted octanol–water partition coefficient (Wildman–Crippen LogP) is 1.89. The van der Waals surface area contributed by atoms with Crippen molar-refractivity contribution in [3.8, 4) is 6.07 Å². The van der Waals surface area contributed by atoms with E-state index in [0.29, 0.717) is 6.42 Å². The Kier molecular flexibility index (Phi) is 1.52. The van der Waals surface area contributed by atoms with E-state index in [1.54, 1.807) is 0 Å². The summed E-state index contributed by atoms with van der Waals surface area (Å²) in [5.41, 5.74) is 2.43. The highest BCUT2D eigenvalue weighted by Crippen LogP contribution is 2.17. The number of hydrogen-bond donors (Lipinski definition) is 0. The van der Waals surface area contributed by atoms with Gasteiger partial charge in [-0.15, -0.1) is 0 Å². The van der Waals surface area contributed by atoms with Crippen LogP contribution in [-0.2, 0) is 6.42 Å². The average molecular weight is 158 g/mol. The molecule has 3 nitrogen and oxygen atoms in total. The topological polar surface area (TPSA) is 49.8 Å². The molecule has 0 bridgehead atoms. The minimum atomic E-state index is 0.368. The van der Waals surface area contributed by atoms with Gasteiger partial charge in [-0.2, -0.15) is 5.26 Å². The molecule has 0 saturated carbocycles. The molecule has 2 rings (SSSR count). The van der Waals surface area contributed by atoms with Gasteiger partial charge in [0.15, 0.2) is 12.0 Å². The number of nitriles is 1. The quantitative estimate of drug-likeness (QED) is 0.636. The Bertz CT molecular complexity index is 439. The molecule has 0 N–H and O–H groups in total. The van der Waals surface area contributed by atoms with E-state index in [4.69, 9.17) is 9.68 Å². The van der Waals surface area contributed by atoms with Crippen molar-refractivity contribution >= 4 is 11.1 Å². The summed E-state index contributed by atoms with van der Waals surface area (Å²) in [5, 5.41) is 8.50. The molecule has 0 unspecified atom stereocenters. The molecule has 3 heteroatoms. The molecule has 0 fully saturated rings. The van der Waals surface area contributed by atoms with Gasteiger partial charge in [0.2, 0.25) is 0 Å². The molecule has 1 aromatic heterocycles. The van der Waals surface area contributed by atoms with Crippen molar-refractivity contribution in [2.75, 3.05) is 0 Å². The Morgan fingerprint density at radius 3 is 3.25 bits per heavy atom. The fourth-order valence-electron chi connectivity index (χ4n) is 1.17. The Morgan fingerprint density at radius 1 is 1.50 bits per heavy atom. The summed E-state index contributed by atoms with van der Waals surface area (Å²) < 4.78 is 5.14. The number of hydrogen-bond acceptors (Lipinski definition) is 3. The number of oxazole rings is 1. The zero-order chi connectivity index (χ0) is 8.39. The number of para-hydroxylation sites is 1. The lowest BCUT2D eigenvalue weighted by Crippen LogP contribution is -1.81. The van der Waals surface area contributed by atoms with Gasteiger partial charge in [0, 0.05) is 5.56 Å². The van der Waals surface area contributed by atoms with Crippen LogP contribution in [0.5, 0.6) is 0 Å². The number of benzene rings is 1. The van der Waals surface area contributed by atoms with Gasteiger partial charge < -0.3 is 4.42 Å². The standard InChI is InChI=1S/C9H6N2O/c10-5-4-7-2-1-3-8-9(7)12-6-11-8/h1-3,6H,4H2. The van der Waals surface area contributed by atoms with E-state index in [1.165, 1.54) is 6.39 Å². The summed E-state index contributed by atoms with van der Waals surface area (Å²) >= 11 is 0. The first-order chi connectivity index (χ1) is 5.92. The summed E-state index contributed by atoms with van der Waals surface area (Å²) in [6, 6.07) is 7.68. The highest BCUT2D eigenvalue weighted by molar-refractivity contribution is 5.76. The molecular formula is C9H6N2O. The van der Waals surface area contributed by atoms with Crippen LogP contribution in [0.1, 0.15) is 5.56 Å². The lowest BCUT2D eigenvalue weighted by atomic mass is 10.1. The van der Waals surface area contributed by atoms with Gasteiger partial charge in [-0.25, -0.2) is 4.98 Å². The van der Waals surface area contributed by atoms with E-state index >= 15 is 0 Å².